The summed E-state index contributed by atoms with van der Waals surface area (Å²) in [5.41, 5.74) is 0.0773. The van der Waals surface area contributed by atoms with Crippen LogP contribution in [0.3, 0.4) is 0 Å². The number of carboxylic acids is 1. The van der Waals surface area contributed by atoms with Crippen molar-refractivity contribution in [2.24, 2.45) is 0 Å². The lowest BCUT2D eigenvalue weighted by molar-refractivity contribution is -0.151. The maximum atomic E-state index is 11.4. The first-order chi connectivity index (χ1) is 8.58. The number of carbonyl (C=O) groups excluding carboxylic acids is 1. The molecule has 0 spiro atoms. The number of aromatic carboxylic acids is 1. The first-order valence-corrected chi connectivity index (χ1v) is 5.15. The molecule has 0 aromatic heterocycles. The molecule has 0 saturated carbocycles. The summed E-state index contributed by atoms with van der Waals surface area (Å²) in [5, 5.41) is 8.83. The molecule has 6 heteroatoms. The van der Waals surface area contributed by atoms with E-state index in [-0.39, 0.29) is 17.9 Å². The fraction of sp³-hybridized carbons (Fsp3) is 0.333. The molecule has 1 aromatic rings. The highest BCUT2D eigenvalue weighted by Gasteiger charge is 2.21. The summed E-state index contributed by atoms with van der Waals surface area (Å²) in [6, 6.07) is 5.84. The Kier molecular flexibility index (Phi) is 5.13. The molecule has 1 unspecified atom stereocenters. The molecule has 0 radical (unpaired) electrons. The van der Waals surface area contributed by atoms with Crippen LogP contribution in [0.4, 0.5) is 0 Å². The van der Waals surface area contributed by atoms with Crippen molar-refractivity contribution in [2.75, 3.05) is 20.8 Å². The van der Waals surface area contributed by atoms with Crippen LogP contribution in [0.15, 0.2) is 24.3 Å². The van der Waals surface area contributed by atoms with Crippen molar-refractivity contribution in [3.8, 4) is 5.75 Å². The Hall–Kier alpha value is -2.08. The van der Waals surface area contributed by atoms with Crippen LogP contribution in [-0.4, -0.2) is 44.0 Å². The smallest absolute Gasteiger partial charge is 0.349 e. The Morgan fingerprint density at radius 3 is 2.61 bits per heavy atom. The maximum absolute atomic E-state index is 11.4. The Morgan fingerprint density at radius 2 is 2.06 bits per heavy atom. The molecule has 1 N–H and O–H groups in total. The standard InChI is InChI=1S/C12H14O6/c1-16-7-10(12(15)17-2)18-9-5-3-4-8(6-9)11(13)14/h3-6,10H,7H2,1-2H3,(H,13,14). The van der Waals surface area contributed by atoms with Gasteiger partial charge in [-0.1, -0.05) is 6.07 Å². The van der Waals surface area contributed by atoms with Crippen molar-refractivity contribution in [3.63, 3.8) is 0 Å². The summed E-state index contributed by atoms with van der Waals surface area (Å²) in [6.45, 7) is 0.0178. The van der Waals surface area contributed by atoms with E-state index in [0.717, 1.165) is 0 Å². The van der Waals surface area contributed by atoms with Crippen LogP contribution in [0.2, 0.25) is 0 Å². The second-order valence-corrected chi connectivity index (χ2v) is 3.42. The fourth-order valence-electron chi connectivity index (χ4n) is 1.30. The predicted molar refractivity (Wildman–Crippen MR) is 61.7 cm³/mol. The summed E-state index contributed by atoms with van der Waals surface area (Å²) >= 11 is 0. The van der Waals surface area contributed by atoms with Crippen molar-refractivity contribution in [1.82, 2.24) is 0 Å². The zero-order valence-electron chi connectivity index (χ0n) is 10.1. The zero-order valence-corrected chi connectivity index (χ0v) is 10.1. The first-order valence-electron chi connectivity index (χ1n) is 5.15. The third-order valence-corrected chi connectivity index (χ3v) is 2.14. The fourth-order valence-corrected chi connectivity index (χ4v) is 1.30. The van der Waals surface area contributed by atoms with Crippen LogP contribution in [0.1, 0.15) is 10.4 Å². The van der Waals surface area contributed by atoms with Gasteiger partial charge in [0.15, 0.2) is 0 Å². The third-order valence-electron chi connectivity index (χ3n) is 2.14. The molecule has 98 valence electrons. The van der Waals surface area contributed by atoms with Crippen molar-refractivity contribution in [3.05, 3.63) is 29.8 Å². The molecule has 0 saturated heterocycles. The number of hydrogen-bond acceptors (Lipinski definition) is 5. The number of benzene rings is 1. The minimum atomic E-state index is -1.07. The Labute approximate surface area is 104 Å². The molecule has 0 amide bonds. The van der Waals surface area contributed by atoms with Crippen molar-refractivity contribution in [2.45, 2.75) is 6.10 Å². The molecular formula is C12H14O6. The van der Waals surface area contributed by atoms with Gasteiger partial charge >= 0.3 is 11.9 Å². The van der Waals surface area contributed by atoms with E-state index >= 15 is 0 Å². The molecule has 1 rings (SSSR count). The second-order valence-electron chi connectivity index (χ2n) is 3.42. The number of carboxylic acid groups (broad SMARTS) is 1. The van der Waals surface area contributed by atoms with Crippen LogP contribution >= 0.6 is 0 Å². The van der Waals surface area contributed by atoms with Gasteiger partial charge in [0.2, 0.25) is 6.10 Å². The maximum Gasteiger partial charge on any atom is 0.349 e. The van der Waals surface area contributed by atoms with E-state index in [4.69, 9.17) is 14.6 Å². The largest absolute Gasteiger partial charge is 0.478 e. The van der Waals surface area contributed by atoms with Crippen LogP contribution in [0.5, 0.6) is 5.75 Å². The monoisotopic (exact) mass is 254 g/mol. The van der Waals surface area contributed by atoms with Gasteiger partial charge in [-0.05, 0) is 18.2 Å². The number of esters is 1. The van der Waals surface area contributed by atoms with E-state index in [1.165, 1.54) is 32.4 Å². The predicted octanol–water partition coefficient (Wildman–Crippen LogP) is 0.952. The van der Waals surface area contributed by atoms with Gasteiger partial charge in [-0.15, -0.1) is 0 Å². The molecule has 0 fully saturated rings. The minimum absolute atomic E-state index is 0.0178. The molecular weight excluding hydrogens is 240 g/mol. The SMILES string of the molecule is COCC(Oc1cccc(C(=O)O)c1)C(=O)OC. The highest BCUT2D eigenvalue weighted by Crippen LogP contribution is 2.15. The van der Waals surface area contributed by atoms with Gasteiger partial charge in [0.25, 0.3) is 0 Å². The highest BCUT2D eigenvalue weighted by atomic mass is 16.6. The molecule has 1 aromatic carbocycles. The number of ether oxygens (including phenoxy) is 3. The van der Waals surface area contributed by atoms with Crippen LogP contribution in [0.25, 0.3) is 0 Å². The van der Waals surface area contributed by atoms with Gasteiger partial charge in [-0.2, -0.15) is 0 Å². The van der Waals surface area contributed by atoms with E-state index in [1.54, 1.807) is 6.07 Å². The number of carbonyl (C=O) groups is 2. The van der Waals surface area contributed by atoms with Crippen molar-refractivity contribution >= 4 is 11.9 Å². The molecule has 6 nitrogen and oxygen atoms in total. The average Bonchev–Trinajstić information content (AvgIpc) is 2.37. The molecule has 0 heterocycles. The molecule has 0 bridgehead atoms. The van der Waals surface area contributed by atoms with Gasteiger partial charge in [0.1, 0.15) is 5.75 Å². The Balaban J connectivity index is 2.83. The highest BCUT2D eigenvalue weighted by molar-refractivity contribution is 5.88. The lowest BCUT2D eigenvalue weighted by Crippen LogP contribution is -2.33. The molecule has 0 aliphatic rings. The van der Waals surface area contributed by atoms with E-state index < -0.39 is 18.0 Å². The zero-order chi connectivity index (χ0) is 13.5. The van der Waals surface area contributed by atoms with E-state index in [9.17, 15) is 9.59 Å². The van der Waals surface area contributed by atoms with E-state index in [2.05, 4.69) is 4.74 Å². The molecule has 0 aliphatic carbocycles. The van der Waals surface area contributed by atoms with Gasteiger partial charge in [-0.3, -0.25) is 0 Å². The summed E-state index contributed by atoms with van der Waals surface area (Å²) in [7, 11) is 2.66. The second kappa shape index (κ2) is 6.61. The lowest BCUT2D eigenvalue weighted by atomic mass is 10.2. The first kappa shape index (κ1) is 14.0. The topological polar surface area (TPSA) is 82.1 Å². The minimum Gasteiger partial charge on any atom is -0.478 e. The molecule has 1 atom stereocenters. The van der Waals surface area contributed by atoms with Crippen LogP contribution in [0, 0.1) is 0 Å². The van der Waals surface area contributed by atoms with Crippen LogP contribution < -0.4 is 4.74 Å². The van der Waals surface area contributed by atoms with Crippen molar-refractivity contribution < 1.29 is 28.9 Å². The van der Waals surface area contributed by atoms with Crippen LogP contribution in [-0.2, 0) is 14.3 Å². The van der Waals surface area contributed by atoms with E-state index in [1.807, 2.05) is 0 Å². The normalized spacial score (nSPS) is 11.7. The quantitative estimate of drug-likeness (QED) is 0.761. The van der Waals surface area contributed by atoms with E-state index in [0.29, 0.717) is 0 Å². The third kappa shape index (κ3) is 3.74. The van der Waals surface area contributed by atoms with Gasteiger partial charge < -0.3 is 19.3 Å². The lowest BCUT2D eigenvalue weighted by Gasteiger charge is -2.16. The number of hydrogen-bond donors (Lipinski definition) is 1. The van der Waals surface area contributed by atoms with Gasteiger partial charge in [0, 0.05) is 7.11 Å². The Morgan fingerprint density at radius 1 is 1.33 bits per heavy atom. The number of rotatable bonds is 6. The Bertz CT molecular complexity index is 428. The molecule has 0 aliphatic heterocycles. The summed E-state index contributed by atoms with van der Waals surface area (Å²) in [6.07, 6.45) is -0.927. The number of methoxy groups -OCH3 is 2. The van der Waals surface area contributed by atoms with Crippen molar-refractivity contribution in [1.29, 1.82) is 0 Å². The average molecular weight is 254 g/mol. The molecule has 18 heavy (non-hydrogen) atoms. The summed E-state index contributed by atoms with van der Waals surface area (Å²) in [4.78, 5) is 22.2. The van der Waals surface area contributed by atoms with Gasteiger partial charge in [0.05, 0.1) is 19.3 Å². The summed E-state index contributed by atoms with van der Waals surface area (Å²) in [5.74, 6) is -1.39. The summed E-state index contributed by atoms with van der Waals surface area (Å²) < 4.78 is 14.7. The van der Waals surface area contributed by atoms with Gasteiger partial charge in [-0.25, -0.2) is 9.59 Å².